The van der Waals surface area contributed by atoms with E-state index in [0.717, 1.165) is 27.3 Å². The van der Waals surface area contributed by atoms with Crippen LogP contribution in [-0.2, 0) is 5.75 Å². The van der Waals surface area contributed by atoms with E-state index in [0.29, 0.717) is 0 Å². The lowest BCUT2D eigenvalue weighted by Crippen LogP contribution is -1.99. The highest BCUT2D eigenvalue weighted by Crippen LogP contribution is 2.23. The number of thiazole rings is 1. The summed E-state index contributed by atoms with van der Waals surface area (Å²) < 4.78 is 3.79. The van der Waals surface area contributed by atoms with Crippen molar-refractivity contribution in [3.8, 4) is 5.69 Å². The Kier molecular flexibility index (Phi) is 3.39. The molecule has 0 unspecified atom stereocenters. The molecule has 0 saturated heterocycles. The Morgan fingerprint density at radius 3 is 3.14 bits per heavy atom. The van der Waals surface area contributed by atoms with Gasteiger partial charge in [0.15, 0.2) is 4.96 Å². The van der Waals surface area contributed by atoms with Crippen molar-refractivity contribution in [1.29, 1.82) is 0 Å². The van der Waals surface area contributed by atoms with Gasteiger partial charge in [0.05, 0.1) is 11.4 Å². The molecule has 8 heteroatoms. The van der Waals surface area contributed by atoms with Gasteiger partial charge in [0.25, 0.3) is 0 Å². The highest BCUT2D eigenvalue weighted by Gasteiger charge is 2.11. The number of aromatic nitrogens is 6. The molecule has 0 N–H and O–H groups in total. The molecule has 3 heterocycles. The largest absolute Gasteiger partial charge is 0.297 e. The highest BCUT2D eigenvalue weighted by molar-refractivity contribution is 7.98. The van der Waals surface area contributed by atoms with Gasteiger partial charge in [-0.3, -0.25) is 4.40 Å². The predicted octanol–water partition coefficient (Wildman–Crippen LogP) is 2.97. The Bertz CT molecular complexity index is 894. The van der Waals surface area contributed by atoms with Crippen molar-refractivity contribution in [3.63, 3.8) is 0 Å². The Labute approximate surface area is 134 Å². The summed E-state index contributed by atoms with van der Waals surface area (Å²) in [7, 11) is 0. The molecule has 0 saturated carbocycles. The van der Waals surface area contributed by atoms with Gasteiger partial charge in [-0.15, -0.1) is 16.4 Å². The fraction of sp³-hybridized carbons (Fsp3) is 0.143. The summed E-state index contributed by atoms with van der Waals surface area (Å²) in [5.41, 5.74) is 3.17. The van der Waals surface area contributed by atoms with E-state index in [1.807, 2.05) is 34.3 Å². The number of tetrazole rings is 1. The van der Waals surface area contributed by atoms with Gasteiger partial charge in [0.2, 0.25) is 5.16 Å². The molecule has 0 aliphatic rings. The van der Waals surface area contributed by atoms with Crippen molar-refractivity contribution in [3.05, 3.63) is 53.3 Å². The minimum absolute atomic E-state index is 0.737. The number of nitrogens with zero attached hydrogens (tertiary/aromatic N) is 6. The van der Waals surface area contributed by atoms with Gasteiger partial charge in [-0.1, -0.05) is 23.9 Å². The van der Waals surface area contributed by atoms with Crippen LogP contribution < -0.4 is 0 Å². The van der Waals surface area contributed by atoms with Crippen LogP contribution in [0.25, 0.3) is 10.6 Å². The van der Waals surface area contributed by atoms with Gasteiger partial charge in [0.1, 0.15) is 0 Å². The number of imidazole rings is 1. The SMILES string of the molecule is Cc1cccc(-n2nnnc2SCc2cn3ccsc3n2)c1. The topological polar surface area (TPSA) is 60.9 Å². The summed E-state index contributed by atoms with van der Waals surface area (Å²) in [4.78, 5) is 5.58. The van der Waals surface area contributed by atoms with Gasteiger partial charge in [-0.25, -0.2) is 4.98 Å². The van der Waals surface area contributed by atoms with E-state index in [9.17, 15) is 0 Å². The fourth-order valence-corrected chi connectivity index (χ4v) is 3.67. The van der Waals surface area contributed by atoms with Crippen LogP contribution in [0.2, 0.25) is 0 Å². The molecular weight excluding hydrogens is 316 g/mol. The molecule has 0 aliphatic heterocycles. The lowest BCUT2D eigenvalue weighted by Gasteiger charge is -2.04. The average Bonchev–Trinajstić information content (AvgIpc) is 3.20. The van der Waals surface area contributed by atoms with E-state index in [2.05, 4.69) is 39.6 Å². The maximum atomic E-state index is 4.57. The summed E-state index contributed by atoms with van der Waals surface area (Å²) in [5.74, 6) is 0.737. The first-order valence-corrected chi connectivity index (χ1v) is 8.55. The van der Waals surface area contributed by atoms with Gasteiger partial charge in [-0.2, -0.15) is 4.68 Å². The van der Waals surface area contributed by atoms with Crippen LogP contribution in [0.5, 0.6) is 0 Å². The Balaban J connectivity index is 1.56. The van der Waals surface area contributed by atoms with Gasteiger partial charge in [-0.05, 0) is 35.0 Å². The van der Waals surface area contributed by atoms with Crippen molar-refractivity contribution in [1.82, 2.24) is 29.6 Å². The van der Waals surface area contributed by atoms with Crippen LogP contribution in [0.15, 0.2) is 47.2 Å². The Hall–Kier alpha value is -2.19. The van der Waals surface area contributed by atoms with Gasteiger partial charge < -0.3 is 0 Å². The van der Waals surface area contributed by atoms with E-state index in [1.165, 1.54) is 5.56 Å². The average molecular weight is 328 g/mol. The molecule has 6 nitrogen and oxygen atoms in total. The molecule has 1 aromatic carbocycles. The molecule has 0 atom stereocenters. The smallest absolute Gasteiger partial charge is 0.214 e. The van der Waals surface area contributed by atoms with E-state index >= 15 is 0 Å². The molecule has 0 amide bonds. The van der Waals surface area contributed by atoms with Crippen molar-refractivity contribution < 1.29 is 0 Å². The number of hydrogen-bond acceptors (Lipinski definition) is 6. The van der Waals surface area contributed by atoms with E-state index in [-0.39, 0.29) is 0 Å². The maximum absolute atomic E-state index is 4.57. The first-order valence-electron chi connectivity index (χ1n) is 6.69. The molecule has 0 radical (unpaired) electrons. The minimum Gasteiger partial charge on any atom is -0.297 e. The van der Waals surface area contributed by atoms with Crippen LogP contribution in [0.4, 0.5) is 0 Å². The number of rotatable bonds is 4. The van der Waals surface area contributed by atoms with Gasteiger partial charge in [0, 0.05) is 23.5 Å². The molecule has 0 fully saturated rings. The second kappa shape index (κ2) is 5.54. The molecular formula is C14H12N6S2. The zero-order chi connectivity index (χ0) is 14.9. The zero-order valence-electron chi connectivity index (χ0n) is 11.7. The Morgan fingerprint density at radius 1 is 1.32 bits per heavy atom. The quantitative estimate of drug-likeness (QED) is 0.539. The number of benzene rings is 1. The second-order valence-corrected chi connectivity index (χ2v) is 6.64. The van der Waals surface area contributed by atoms with Crippen LogP contribution >= 0.6 is 23.1 Å². The molecule has 4 rings (SSSR count). The van der Waals surface area contributed by atoms with E-state index in [1.54, 1.807) is 27.8 Å². The molecule has 4 aromatic rings. The summed E-state index contributed by atoms with van der Waals surface area (Å²) in [5, 5.41) is 14.8. The minimum atomic E-state index is 0.737. The lowest BCUT2D eigenvalue weighted by atomic mass is 10.2. The standard InChI is InChI=1S/C14H12N6S2/c1-10-3-2-4-12(7-10)20-14(16-17-18-20)22-9-11-8-19-5-6-21-13(19)15-11/h2-8H,9H2,1H3. The summed E-state index contributed by atoms with van der Waals surface area (Å²) in [6, 6.07) is 8.12. The summed E-state index contributed by atoms with van der Waals surface area (Å²) in [6.07, 6.45) is 4.05. The molecule has 110 valence electrons. The zero-order valence-corrected chi connectivity index (χ0v) is 13.4. The van der Waals surface area contributed by atoms with Crippen LogP contribution in [0, 0.1) is 6.92 Å². The molecule has 0 bridgehead atoms. The van der Waals surface area contributed by atoms with Crippen molar-refractivity contribution in [2.45, 2.75) is 17.8 Å². The lowest BCUT2D eigenvalue weighted by molar-refractivity contribution is 0.755. The summed E-state index contributed by atoms with van der Waals surface area (Å²) >= 11 is 3.21. The van der Waals surface area contributed by atoms with Crippen molar-refractivity contribution >= 4 is 28.1 Å². The maximum Gasteiger partial charge on any atom is 0.214 e. The van der Waals surface area contributed by atoms with E-state index in [4.69, 9.17) is 0 Å². The predicted molar refractivity (Wildman–Crippen MR) is 86.5 cm³/mol. The molecule has 3 aromatic heterocycles. The normalized spacial score (nSPS) is 11.3. The third-order valence-electron chi connectivity index (χ3n) is 3.18. The van der Waals surface area contributed by atoms with Crippen LogP contribution in [-0.4, -0.2) is 29.6 Å². The van der Waals surface area contributed by atoms with Crippen molar-refractivity contribution in [2.24, 2.45) is 0 Å². The first kappa shape index (κ1) is 13.5. The number of thioether (sulfide) groups is 1. The van der Waals surface area contributed by atoms with E-state index < -0.39 is 0 Å². The first-order chi connectivity index (χ1) is 10.8. The molecule has 22 heavy (non-hydrogen) atoms. The van der Waals surface area contributed by atoms with Crippen LogP contribution in [0.3, 0.4) is 0 Å². The fourth-order valence-electron chi connectivity index (χ4n) is 2.17. The third-order valence-corrected chi connectivity index (χ3v) is 4.90. The molecule has 0 aliphatic carbocycles. The third kappa shape index (κ3) is 2.51. The molecule has 0 spiro atoms. The highest BCUT2D eigenvalue weighted by atomic mass is 32.2. The van der Waals surface area contributed by atoms with Crippen molar-refractivity contribution in [2.75, 3.05) is 0 Å². The number of aryl methyl sites for hydroxylation is 1. The summed E-state index contributed by atoms with van der Waals surface area (Å²) in [6.45, 7) is 2.05. The van der Waals surface area contributed by atoms with Crippen LogP contribution in [0.1, 0.15) is 11.3 Å². The Morgan fingerprint density at radius 2 is 2.27 bits per heavy atom. The number of fused-ring (bicyclic) bond motifs is 1. The monoisotopic (exact) mass is 328 g/mol. The van der Waals surface area contributed by atoms with Gasteiger partial charge >= 0.3 is 0 Å². The number of hydrogen-bond donors (Lipinski definition) is 0. The second-order valence-electron chi connectivity index (χ2n) is 4.83.